The Labute approximate surface area is 94.8 Å². The van der Waals surface area contributed by atoms with Crippen molar-refractivity contribution in [3.63, 3.8) is 0 Å². The average molecular weight is 206 g/mol. The minimum Gasteiger partial charge on any atom is -0.0620 e. The second-order valence-electron chi connectivity index (χ2n) is 7.36. The maximum Gasteiger partial charge on any atom is -0.0161 e. The minimum atomic E-state index is 0.690. The predicted molar refractivity (Wildman–Crippen MR) is 64.7 cm³/mol. The average Bonchev–Trinajstić information content (AvgIpc) is 2.44. The predicted octanol–water partition coefficient (Wildman–Crippen LogP) is 4.64. The maximum atomic E-state index is 2.61. The third kappa shape index (κ3) is 0.840. The van der Waals surface area contributed by atoms with Crippen molar-refractivity contribution >= 4 is 0 Å². The fraction of sp³-hybridized carbons (Fsp3) is 1.00. The maximum absolute atomic E-state index is 2.61. The number of rotatable bonds is 0. The van der Waals surface area contributed by atoms with Crippen LogP contribution in [0.2, 0.25) is 0 Å². The lowest BCUT2D eigenvalue weighted by molar-refractivity contribution is -0.257. The molecule has 0 bridgehead atoms. The SMILES string of the molecule is CC1CC[C@@H](C)[C@]23CCC[C@@]2(C)C[C@]13C. The molecular formula is C15H26. The zero-order valence-corrected chi connectivity index (χ0v) is 10.9. The number of hydrogen-bond acceptors (Lipinski definition) is 0. The molecule has 0 aromatic rings. The third-order valence-electron chi connectivity index (χ3n) is 7.11. The molecule has 86 valence electrons. The van der Waals surface area contributed by atoms with E-state index in [1.807, 2.05) is 0 Å². The molecule has 0 heterocycles. The van der Waals surface area contributed by atoms with Gasteiger partial charge in [-0.25, -0.2) is 0 Å². The Bertz CT molecular complexity index is 294. The van der Waals surface area contributed by atoms with Crippen LogP contribution in [0, 0.1) is 28.1 Å². The van der Waals surface area contributed by atoms with E-state index < -0.39 is 0 Å². The molecule has 0 radical (unpaired) electrons. The lowest BCUT2D eigenvalue weighted by Gasteiger charge is -2.74. The summed E-state index contributed by atoms with van der Waals surface area (Å²) in [6.07, 6.45) is 9.04. The normalized spacial score (nSPS) is 63.2. The van der Waals surface area contributed by atoms with Crippen LogP contribution in [0.15, 0.2) is 0 Å². The Morgan fingerprint density at radius 2 is 1.60 bits per heavy atom. The summed E-state index contributed by atoms with van der Waals surface area (Å²) < 4.78 is 0. The molecule has 3 saturated carbocycles. The molecule has 3 aliphatic carbocycles. The summed E-state index contributed by atoms with van der Waals surface area (Å²) in [7, 11) is 0. The smallest absolute Gasteiger partial charge is 0.0161 e. The highest BCUT2D eigenvalue weighted by Gasteiger charge is 2.74. The zero-order valence-electron chi connectivity index (χ0n) is 10.9. The lowest BCUT2D eigenvalue weighted by atomic mass is 9.30. The largest absolute Gasteiger partial charge is 0.0620 e. The summed E-state index contributed by atoms with van der Waals surface area (Å²) in [5.41, 5.74) is 2.14. The van der Waals surface area contributed by atoms with Gasteiger partial charge in [0.05, 0.1) is 0 Å². The van der Waals surface area contributed by atoms with E-state index in [9.17, 15) is 0 Å². The Hall–Kier alpha value is 0. The molecule has 1 spiro atoms. The molecule has 0 saturated heterocycles. The van der Waals surface area contributed by atoms with Gasteiger partial charge in [0.15, 0.2) is 0 Å². The fourth-order valence-corrected chi connectivity index (χ4v) is 6.45. The van der Waals surface area contributed by atoms with Crippen molar-refractivity contribution in [2.75, 3.05) is 0 Å². The van der Waals surface area contributed by atoms with E-state index in [0.717, 1.165) is 22.7 Å². The van der Waals surface area contributed by atoms with Crippen molar-refractivity contribution in [3.8, 4) is 0 Å². The minimum absolute atomic E-state index is 0.690. The van der Waals surface area contributed by atoms with Gasteiger partial charge in [0, 0.05) is 0 Å². The van der Waals surface area contributed by atoms with Gasteiger partial charge >= 0.3 is 0 Å². The Morgan fingerprint density at radius 3 is 2.27 bits per heavy atom. The summed E-state index contributed by atoms with van der Waals surface area (Å²) in [5, 5.41) is 0. The van der Waals surface area contributed by atoms with Gasteiger partial charge in [-0.05, 0) is 60.2 Å². The molecular weight excluding hydrogens is 180 g/mol. The molecule has 0 nitrogen and oxygen atoms in total. The fourth-order valence-electron chi connectivity index (χ4n) is 6.45. The standard InChI is InChI=1S/C15H26/c1-11-6-7-12(2)15-9-5-8-13(15,3)10-14(11,15)4/h11-12H,5-10H2,1-4H3/t11?,12-,13+,14-,15-/m1/s1. The van der Waals surface area contributed by atoms with Crippen LogP contribution in [-0.4, -0.2) is 0 Å². The summed E-state index contributed by atoms with van der Waals surface area (Å²) in [6.45, 7) is 10.3. The second-order valence-corrected chi connectivity index (χ2v) is 7.36. The topological polar surface area (TPSA) is 0 Å². The van der Waals surface area contributed by atoms with Gasteiger partial charge in [-0.2, -0.15) is 0 Å². The van der Waals surface area contributed by atoms with Gasteiger partial charge in [-0.1, -0.05) is 34.1 Å². The van der Waals surface area contributed by atoms with Crippen LogP contribution in [0.4, 0.5) is 0 Å². The number of hydrogen-bond donors (Lipinski definition) is 0. The Morgan fingerprint density at radius 1 is 0.933 bits per heavy atom. The first kappa shape index (κ1) is 10.2. The van der Waals surface area contributed by atoms with E-state index in [4.69, 9.17) is 0 Å². The van der Waals surface area contributed by atoms with E-state index in [1.165, 1.54) is 38.5 Å². The van der Waals surface area contributed by atoms with Crippen LogP contribution >= 0.6 is 0 Å². The highest BCUT2D eigenvalue weighted by Crippen LogP contribution is 2.82. The van der Waals surface area contributed by atoms with E-state index in [2.05, 4.69) is 27.7 Å². The molecule has 0 amide bonds. The Kier molecular flexibility index (Phi) is 1.78. The van der Waals surface area contributed by atoms with E-state index in [1.54, 1.807) is 0 Å². The first-order valence-corrected chi connectivity index (χ1v) is 6.96. The van der Waals surface area contributed by atoms with Crippen molar-refractivity contribution in [2.24, 2.45) is 28.1 Å². The van der Waals surface area contributed by atoms with Crippen LogP contribution in [-0.2, 0) is 0 Å². The molecule has 3 aliphatic rings. The first-order valence-electron chi connectivity index (χ1n) is 6.96. The zero-order chi connectivity index (χ0) is 10.9. The molecule has 3 rings (SSSR count). The quantitative estimate of drug-likeness (QED) is 0.541. The molecule has 0 N–H and O–H groups in total. The Balaban J connectivity index is 2.07. The summed E-state index contributed by atoms with van der Waals surface area (Å²) in [5.74, 6) is 1.96. The molecule has 0 heteroatoms. The molecule has 0 aromatic heterocycles. The van der Waals surface area contributed by atoms with Crippen LogP contribution in [0.25, 0.3) is 0 Å². The third-order valence-corrected chi connectivity index (χ3v) is 7.11. The van der Waals surface area contributed by atoms with Gasteiger partial charge in [0.2, 0.25) is 0 Å². The lowest BCUT2D eigenvalue weighted by Crippen LogP contribution is -2.67. The summed E-state index contributed by atoms with van der Waals surface area (Å²) in [4.78, 5) is 0. The molecule has 0 aromatic carbocycles. The van der Waals surface area contributed by atoms with Gasteiger partial charge < -0.3 is 0 Å². The van der Waals surface area contributed by atoms with Crippen molar-refractivity contribution in [1.82, 2.24) is 0 Å². The molecule has 1 unspecified atom stereocenters. The monoisotopic (exact) mass is 206 g/mol. The van der Waals surface area contributed by atoms with E-state index >= 15 is 0 Å². The van der Waals surface area contributed by atoms with Crippen LogP contribution in [0.5, 0.6) is 0 Å². The van der Waals surface area contributed by atoms with Gasteiger partial charge in [-0.15, -0.1) is 0 Å². The molecule has 5 atom stereocenters. The highest BCUT2D eigenvalue weighted by molar-refractivity contribution is 5.23. The van der Waals surface area contributed by atoms with Crippen LogP contribution in [0.1, 0.15) is 66.2 Å². The summed E-state index contributed by atoms with van der Waals surface area (Å²) in [6, 6.07) is 0. The van der Waals surface area contributed by atoms with Crippen molar-refractivity contribution in [3.05, 3.63) is 0 Å². The first-order chi connectivity index (χ1) is 6.96. The molecule has 0 aliphatic heterocycles. The van der Waals surface area contributed by atoms with Crippen LogP contribution < -0.4 is 0 Å². The van der Waals surface area contributed by atoms with Gasteiger partial charge in [-0.3, -0.25) is 0 Å². The van der Waals surface area contributed by atoms with Crippen molar-refractivity contribution in [2.45, 2.75) is 66.2 Å². The molecule has 15 heavy (non-hydrogen) atoms. The van der Waals surface area contributed by atoms with Crippen molar-refractivity contribution < 1.29 is 0 Å². The second kappa shape index (κ2) is 2.63. The van der Waals surface area contributed by atoms with Gasteiger partial charge in [0.25, 0.3) is 0 Å². The van der Waals surface area contributed by atoms with Gasteiger partial charge in [0.1, 0.15) is 0 Å². The van der Waals surface area contributed by atoms with Crippen LogP contribution in [0.3, 0.4) is 0 Å². The van der Waals surface area contributed by atoms with E-state index in [0.29, 0.717) is 5.41 Å². The highest BCUT2D eigenvalue weighted by atomic mass is 14.8. The van der Waals surface area contributed by atoms with Crippen molar-refractivity contribution in [1.29, 1.82) is 0 Å². The molecule has 3 fully saturated rings. The summed E-state index contributed by atoms with van der Waals surface area (Å²) >= 11 is 0. The van der Waals surface area contributed by atoms with E-state index in [-0.39, 0.29) is 0 Å².